The van der Waals surface area contributed by atoms with Crippen molar-refractivity contribution in [1.29, 1.82) is 0 Å². The smallest absolute Gasteiger partial charge is 0.477 e. The second-order valence-electron chi connectivity index (χ2n) is 7.83. The number of nitrogens with zero attached hydrogens (tertiary/aromatic N) is 2. The summed E-state index contributed by atoms with van der Waals surface area (Å²) in [6, 6.07) is 8.25. The number of rotatable bonds is 5. The lowest BCUT2D eigenvalue weighted by Crippen LogP contribution is -2.41. The fourth-order valence-electron chi connectivity index (χ4n) is 2.73. The van der Waals surface area contributed by atoms with E-state index in [9.17, 15) is 9.18 Å². The normalized spacial score (nSPS) is 18.3. The van der Waals surface area contributed by atoms with Crippen molar-refractivity contribution in [2.45, 2.75) is 45.8 Å². The lowest BCUT2D eigenvalue weighted by atomic mass is 9.83. The second kappa shape index (κ2) is 7.57. The van der Waals surface area contributed by atoms with Crippen molar-refractivity contribution in [3.63, 3.8) is 0 Å². The van der Waals surface area contributed by atoms with E-state index in [1.54, 1.807) is 31.2 Å². The third-order valence-electron chi connectivity index (χ3n) is 5.27. The van der Waals surface area contributed by atoms with Gasteiger partial charge in [0, 0.05) is 11.9 Å². The summed E-state index contributed by atoms with van der Waals surface area (Å²) in [6.07, 6.45) is 1.36. The van der Waals surface area contributed by atoms with Crippen LogP contribution in [0.1, 0.15) is 50.7 Å². The van der Waals surface area contributed by atoms with Gasteiger partial charge in [-0.3, -0.25) is 0 Å². The molecule has 1 aliphatic rings. The topological polar surface area (TPSA) is 93.6 Å². The Kier molecular flexibility index (Phi) is 5.47. The Bertz CT molecular complexity index is 944. The highest BCUT2D eigenvalue weighted by atomic mass is 19.1. The number of halogens is 1. The van der Waals surface area contributed by atoms with Gasteiger partial charge in [0.15, 0.2) is 5.69 Å². The Morgan fingerprint density at radius 3 is 2.24 bits per heavy atom. The van der Waals surface area contributed by atoms with E-state index in [4.69, 9.17) is 14.4 Å². The van der Waals surface area contributed by atoms with Gasteiger partial charge in [-0.1, -0.05) is 12.1 Å². The standard InChI is InChI=1S/C20H23BFN3O4/c1-12(16(22)21-28-19(2,3)20(4,5)29-21)13-6-8-14(9-7-13)24-18-23-11-10-15(25-18)17(26)27/h6-11H,1-5H3,(H,26,27)(H,23,24,25). The molecule has 152 valence electrons. The van der Waals surface area contributed by atoms with Crippen LogP contribution >= 0.6 is 0 Å². The van der Waals surface area contributed by atoms with Crippen LogP contribution in [0.5, 0.6) is 0 Å². The largest absolute Gasteiger partial charge is 0.525 e. The van der Waals surface area contributed by atoms with Crippen LogP contribution in [0.2, 0.25) is 0 Å². The maximum Gasteiger partial charge on any atom is 0.525 e. The molecule has 1 aliphatic heterocycles. The molecule has 1 aromatic heterocycles. The first-order chi connectivity index (χ1) is 13.5. The summed E-state index contributed by atoms with van der Waals surface area (Å²) in [7, 11) is -1.05. The second-order valence-corrected chi connectivity index (χ2v) is 7.83. The summed E-state index contributed by atoms with van der Waals surface area (Å²) in [5.74, 6) is -0.974. The predicted octanol–water partition coefficient (Wildman–Crippen LogP) is 4.25. The molecule has 29 heavy (non-hydrogen) atoms. The summed E-state index contributed by atoms with van der Waals surface area (Å²) in [5, 5.41) is 11.9. The first kappa shape index (κ1) is 20.9. The number of nitrogens with one attached hydrogen (secondary N) is 1. The average molecular weight is 399 g/mol. The van der Waals surface area contributed by atoms with Crippen molar-refractivity contribution in [1.82, 2.24) is 9.97 Å². The molecule has 2 aromatic rings. The van der Waals surface area contributed by atoms with Crippen LogP contribution in [0, 0.1) is 0 Å². The number of hydrogen-bond donors (Lipinski definition) is 2. The third-order valence-corrected chi connectivity index (χ3v) is 5.27. The van der Waals surface area contributed by atoms with Crippen LogP contribution < -0.4 is 5.32 Å². The molecule has 0 radical (unpaired) electrons. The van der Waals surface area contributed by atoms with Crippen LogP contribution in [0.25, 0.3) is 5.57 Å². The molecule has 1 aromatic carbocycles. The first-order valence-corrected chi connectivity index (χ1v) is 9.16. The van der Waals surface area contributed by atoms with E-state index < -0.39 is 30.0 Å². The molecule has 2 heterocycles. The van der Waals surface area contributed by atoms with Crippen LogP contribution in [-0.2, 0) is 9.31 Å². The Morgan fingerprint density at radius 1 is 1.10 bits per heavy atom. The third kappa shape index (κ3) is 4.30. The maximum absolute atomic E-state index is 15.0. The molecule has 0 bridgehead atoms. The Labute approximate surface area is 169 Å². The zero-order valence-electron chi connectivity index (χ0n) is 17.0. The average Bonchev–Trinajstić information content (AvgIpc) is 2.88. The lowest BCUT2D eigenvalue weighted by Gasteiger charge is -2.32. The molecule has 7 nitrogen and oxygen atoms in total. The molecule has 0 aliphatic carbocycles. The number of aromatic carboxylic acids is 1. The molecule has 0 unspecified atom stereocenters. The van der Waals surface area contributed by atoms with E-state index in [0.717, 1.165) is 0 Å². The number of benzene rings is 1. The molecule has 3 rings (SSSR count). The van der Waals surface area contributed by atoms with Gasteiger partial charge in [0.2, 0.25) is 5.95 Å². The van der Waals surface area contributed by atoms with E-state index >= 15 is 0 Å². The summed E-state index contributed by atoms with van der Waals surface area (Å²) < 4.78 is 26.5. The van der Waals surface area contributed by atoms with E-state index in [1.807, 2.05) is 27.7 Å². The summed E-state index contributed by atoms with van der Waals surface area (Å²) in [6.45, 7) is 9.16. The number of hydrogen-bond acceptors (Lipinski definition) is 6. The van der Waals surface area contributed by atoms with Crippen LogP contribution in [0.15, 0.2) is 42.3 Å². The molecule has 0 atom stereocenters. The van der Waals surface area contributed by atoms with Gasteiger partial charge in [-0.25, -0.2) is 19.2 Å². The molecule has 2 N–H and O–H groups in total. The minimum atomic E-state index is -1.13. The fourth-order valence-corrected chi connectivity index (χ4v) is 2.73. The number of carbonyl (C=O) groups is 1. The molecule has 1 saturated heterocycles. The van der Waals surface area contributed by atoms with Crippen LogP contribution in [0.3, 0.4) is 0 Å². The Morgan fingerprint density at radius 2 is 1.69 bits per heavy atom. The van der Waals surface area contributed by atoms with Gasteiger partial charge in [0.25, 0.3) is 0 Å². The SMILES string of the molecule is CC(=C(F)B1OC(C)(C)C(C)(C)O1)c1ccc(Nc2nccc(C(=O)O)n2)cc1. The number of allylic oxidation sites excluding steroid dienone is 1. The highest BCUT2D eigenvalue weighted by Crippen LogP contribution is 2.40. The van der Waals surface area contributed by atoms with Gasteiger partial charge in [-0.05, 0) is 64.0 Å². The quantitative estimate of drug-likeness (QED) is 0.726. The first-order valence-electron chi connectivity index (χ1n) is 9.16. The molecule has 0 spiro atoms. The van der Waals surface area contributed by atoms with E-state index in [0.29, 0.717) is 16.8 Å². The molecule has 9 heteroatoms. The monoisotopic (exact) mass is 399 g/mol. The van der Waals surface area contributed by atoms with E-state index in [1.165, 1.54) is 12.3 Å². The molecule has 0 amide bonds. The molecular weight excluding hydrogens is 376 g/mol. The molecular formula is C20H23BFN3O4. The summed E-state index contributed by atoms with van der Waals surface area (Å²) in [5.41, 5.74) is -0.0901. The number of aromatic nitrogens is 2. The van der Waals surface area contributed by atoms with Gasteiger partial charge in [-0.2, -0.15) is 0 Å². The van der Waals surface area contributed by atoms with Crippen molar-refractivity contribution in [3.05, 3.63) is 53.5 Å². The Balaban J connectivity index is 1.77. The minimum absolute atomic E-state index is 0.109. The lowest BCUT2D eigenvalue weighted by molar-refractivity contribution is 0.00578. The highest BCUT2D eigenvalue weighted by molar-refractivity contribution is 6.55. The van der Waals surface area contributed by atoms with Gasteiger partial charge >= 0.3 is 13.1 Å². The van der Waals surface area contributed by atoms with Crippen LogP contribution in [-0.4, -0.2) is 39.4 Å². The van der Waals surface area contributed by atoms with Crippen molar-refractivity contribution < 1.29 is 23.6 Å². The van der Waals surface area contributed by atoms with Crippen molar-refractivity contribution in [2.75, 3.05) is 5.32 Å². The number of carboxylic acids is 1. The fraction of sp³-hybridized carbons (Fsp3) is 0.350. The van der Waals surface area contributed by atoms with Crippen LogP contribution in [0.4, 0.5) is 16.0 Å². The summed E-state index contributed by atoms with van der Waals surface area (Å²) in [4.78, 5) is 18.9. The summed E-state index contributed by atoms with van der Waals surface area (Å²) >= 11 is 0. The maximum atomic E-state index is 15.0. The highest BCUT2D eigenvalue weighted by Gasteiger charge is 2.53. The van der Waals surface area contributed by atoms with Crippen molar-refractivity contribution >= 4 is 30.3 Å². The minimum Gasteiger partial charge on any atom is -0.477 e. The molecule has 0 saturated carbocycles. The van der Waals surface area contributed by atoms with Crippen molar-refractivity contribution in [2.24, 2.45) is 0 Å². The van der Waals surface area contributed by atoms with Gasteiger partial charge in [-0.15, -0.1) is 0 Å². The van der Waals surface area contributed by atoms with Gasteiger partial charge < -0.3 is 19.7 Å². The van der Waals surface area contributed by atoms with Gasteiger partial charge in [0.05, 0.1) is 11.2 Å². The predicted molar refractivity (Wildman–Crippen MR) is 109 cm³/mol. The van der Waals surface area contributed by atoms with Crippen molar-refractivity contribution in [3.8, 4) is 0 Å². The molecule has 1 fully saturated rings. The number of carboxylic acid groups (broad SMARTS) is 1. The van der Waals surface area contributed by atoms with Gasteiger partial charge in [0.1, 0.15) is 5.73 Å². The van der Waals surface area contributed by atoms with E-state index in [-0.39, 0.29) is 11.6 Å². The Hall–Kier alpha value is -2.78. The zero-order valence-corrected chi connectivity index (χ0v) is 17.0. The zero-order chi connectivity index (χ0) is 21.4. The number of anilines is 2. The van der Waals surface area contributed by atoms with E-state index in [2.05, 4.69) is 15.3 Å².